The first-order valence-electron chi connectivity index (χ1n) is 6.20. The molecule has 0 atom stereocenters. The van der Waals surface area contributed by atoms with Crippen LogP contribution in [0.15, 0.2) is 17.5 Å². The first-order chi connectivity index (χ1) is 8.66. The van der Waals surface area contributed by atoms with Gasteiger partial charge in [0.1, 0.15) is 5.54 Å². The van der Waals surface area contributed by atoms with Crippen molar-refractivity contribution in [1.29, 1.82) is 0 Å². The molecule has 0 aromatic carbocycles. The summed E-state index contributed by atoms with van der Waals surface area (Å²) in [4.78, 5) is 12.7. The molecule has 0 amide bonds. The van der Waals surface area contributed by atoms with Crippen LogP contribution in [-0.4, -0.2) is 29.8 Å². The number of thiophene rings is 1. The van der Waals surface area contributed by atoms with Crippen molar-refractivity contribution in [3.63, 3.8) is 0 Å². The Labute approximate surface area is 111 Å². The number of ether oxygens (including phenoxy) is 1. The highest BCUT2D eigenvalue weighted by molar-refractivity contribution is 7.09. The molecule has 2 rings (SSSR count). The summed E-state index contributed by atoms with van der Waals surface area (Å²) in [6.45, 7) is 0.627. The van der Waals surface area contributed by atoms with Gasteiger partial charge in [-0.3, -0.25) is 10.1 Å². The van der Waals surface area contributed by atoms with Crippen LogP contribution in [0.25, 0.3) is 0 Å². The van der Waals surface area contributed by atoms with Crippen molar-refractivity contribution in [2.75, 3.05) is 7.11 Å². The fraction of sp³-hybridized carbons (Fsp3) is 0.615. The van der Waals surface area contributed by atoms with Gasteiger partial charge in [0.15, 0.2) is 0 Å². The second-order valence-corrected chi connectivity index (χ2v) is 5.79. The van der Waals surface area contributed by atoms with Crippen molar-refractivity contribution in [1.82, 2.24) is 5.32 Å². The number of hydrogen-bond donors (Lipinski definition) is 2. The van der Waals surface area contributed by atoms with E-state index in [4.69, 9.17) is 4.74 Å². The molecule has 100 valence electrons. The van der Waals surface area contributed by atoms with Gasteiger partial charge in [0.05, 0.1) is 6.10 Å². The van der Waals surface area contributed by atoms with Crippen molar-refractivity contribution in [3.8, 4) is 0 Å². The lowest BCUT2D eigenvalue weighted by atomic mass is 9.80. The van der Waals surface area contributed by atoms with Crippen LogP contribution in [0.2, 0.25) is 0 Å². The monoisotopic (exact) mass is 269 g/mol. The molecular formula is C13H19NO3S. The van der Waals surface area contributed by atoms with Crippen LogP contribution in [0.5, 0.6) is 0 Å². The minimum Gasteiger partial charge on any atom is -0.480 e. The lowest BCUT2D eigenvalue weighted by Gasteiger charge is -2.37. The summed E-state index contributed by atoms with van der Waals surface area (Å²) >= 11 is 1.65. The van der Waals surface area contributed by atoms with Crippen molar-refractivity contribution in [2.45, 2.75) is 43.9 Å². The van der Waals surface area contributed by atoms with Gasteiger partial charge < -0.3 is 9.84 Å². The zero-order chi connectivity index (χ0) is 13.0. The maximum Gasteiger partial charge on any atom is 0.323 e. The number of rotatable bonds is 5. The molecule has 1 heterocycles. The predicted octanol–water partition coefficient (Wildman–Crippen LogP) is 2.25. The quantitative estimate of drug-likeness (QED) is 0.860. The Balaban J connectivity index is 1.97. The molecule has 5 heteroatoms. The number of methoxy groups -OCH3 is 1. The molecule has 1 aliphatic carbocycles. The number of carbonyl (C=O) groups is 1. The summed E-state index contributed by atoms with van der Waals surface area (Å²) in [6, 6.07) is 4.00. The Kier molecular flexibility index (Phi) is 4.37. The summed E-state index contributed by atoms with van der Waals surface area (Å²) in [5.41, 5.74) is -0.779. The van der Waals surface area contributed by atoms with Crippen molar-refractivity contribution >= 4 is 17.3 Å². The second-order valence-electron chi connectivity index (χ2n) is 4.76. The SMILES string of the molecule is COC1CCC(NCc2cccs2)(C(=O)O)CC1. The fourth-order valence-corrected chi connectivity index (χ4v) is 3.10. The molecule has 0 radical (unpaired) electrons. The largest absolute Gasteiger partial charge is 0.480 e. The molecule has 0 unspecified atom stereocenters. The predicted molar refractivity (Wildman–Crippen MR) is 70.8 cm³/mol. The average Bonchev–Trinajstić information content (AvgIpc) is 2.90. The van der Waals surface area contributed by atoms with Gasteiger partial charge in [-0.1, -0.05) is 6.07 Å². The Bertz CT molecular complexity index is 383. The normalized spacial score (nSPS) is 28.2. The summed E-state index contributed by atoms with van der Waals surface area (Å²) < 4.78 is 5.30. The molecule has 1 saturated carbocycles. The van der Waals surface area contributed by atoms with Gasteiger partial charge in [-0.25, -0.2) is 0 Å². The highest BCUT2D eigenvalue weighted by Crippen LogP contribution is 2.30. The van der Waals surface area contributed by atoms with E-state index in [0.717, 1.165) is 12.8 Å². The maximum atomic E-state index is 11.5. The topological polar surface area (TPSA) is 58.6 Å². The molecule has 0 bridgehead atoms. The average molecular weight is 269 g/mol. The Morgan fingerprint density at radius 3 is 2.83 bits per heavy atom. The molecule has 18 heavy (non-hydrogen) atoms. The molecule has 1 fully saturated rings. The third-order valence-electron chi connectivity index (χ3n) is 3.71. The van der Waals surface area contributed by atoms with E-state index < -0.39 is 11.5 Å². The van der Waals surface area contributed by atoms with Crippen molar-refractivity contribution < 1.29 is 14.6 Å². The molecule has 0 aliphatic heterocycles. The lowest BCUT2D eigenvalue weighted by molar-refractivity contribution is -0.147. The number of hydrogen-bond acceptors (Lipinski definition) is 4. The molecule has 0 spiro atoms. The van der Waals surface area contributed by atoms with E-state index in [1.54, 1.807) is 18.4 Å². The zero-order valence-electron chi connectivity index (χ0n) is 10.5. The highest BCUT2D eigenvalue weighted by atomic mass is 32.1. The van der Waals surface area contributed by atoms with Crippen molar-refractivity contribution in [2.24, 2.45) is 0 Å². The van der Waals surface area contributed by atoms with Crippen LogP contribution in [0.1, 0.15) is 30.6 Å². The minimum atomic E-state index is -0.779. The summed E-state index contributed by atoms with van der Waals surface area (Å²) in [7, 11) is 1.69. The van der Waals surface area contributed by atoms with E-state index in [1.165, 1.54) is 4.88 Å². The molecule has 0 saturated heterocycles. The Morgan fingerprint density at radius 2 is 2.33 bits per heavy atom. The highest BCUT2D eigenvalue weighted by Gasteiger charge is 2.41. The van der Waals surface area contributed by atoms with Crippen LogP contribution >= 0.6 is 11.3 Å². The molecule has 4 nitrogen and oxygen atoms in total. The van der Waals surface area contributed by atoms with E-state index in [-0.39, 0.29) is 6.10 Å². The van der Waals surface area contributed by atoms with Gasteiger partial charge in [-0.2, -0.15) is 0 Å². The van der Waals surface area contributed by atoms with Crippen LogP contribution in [0.4, 0.5) is 0 Å². The van der Waals surface area contributed by atoms with Crippen LogP contribution in [-0.2, 0) is 16.1 Å². The van der Waals surface area contributed by atoms with Gasteiger partial charge in [-0.15, -0.1) is 11.3 Å². The minimum absolute atomic E-state index is 0.209. The molecule has 1 aromatic rings. The van der Waals surface area contributed by atoms with Crippen LogP contribution < -0.4 is 5.32 Å². The van der Waals surface area contributed by atoms with E-state index >= 15 is 0 Å². The molecule has 2 N–H and O–H groups in total. The zero-order valence-corrected chi connectivity index (χ0v) is 11.3. The number of carboxylic acids is 1. The molecular weight excluding hydrogens is 250 g/mol. The van der Waals surface area contributed by atoms with Crippen molar-refractivity contribution in [3.05, 3.63) is 22.4 Å². The second kappa shape index (κ2) is 5.82. The lowest BCUT2D eigenvalue weighted by Crippen LogP contribution is -2.54. The number of carboxylic acid groups (broad SMARTS) is 1. The number of nitrogens with one attached hydrogen (secondary N) is 1. The van der Waals surface area contributed by atoms with E-state index in [1.807, 2.05) is 17.5 Å². The van der Waals surface area contributed by atoms with Crippen LogP contribution in [0, 0.1) is 0 Å². The first kappa shape index (κ1) is 13.5. The summed E-state index contributed by atoms with van der Waals surface area (Å²) in [5.74, 6) is -0.742. The van der Waals surface area contributed by atoms with Crippen LogP contribution in [0.3, 0.4) is 0 Å². The third-order valence-corrected chi connectivity index (χ3v) is 4.59. The van der Waals surface area contributed by atoms with E-state index in [9.17, 15) is 9.90 Å². The maximum absolute atomic E-state index is 11.5. The van der Waals surface area contributed by atoms with Gasteiger partial charge >= 0.3 is 5.97 Å². The van der Waals surface area contributed by atoms with Gasteiger partial charge in [0.2, 0.25) is 0 Å². The van der Waals surface area contributed by atoms with E-state index in [2.05, 4.69) is 5.32 Å². The number of aliphatic carboxylic acids is 1. The fourth-order valence-electron chi connectivity index (χ4n) is 2.46. The van der Waals surface area contributed by atoms with Gasteiger partial charge in [0, 0.05) is 18.5 Å². The van der Waals surface area contributed by atoms with Gasteiger partial charge in [0.25, 0.3) is 0 Å². The smallest absolute Gasteiger partial charge is 0.323 e. The van der Waals surface area contributed by atoms with E-state index in [0.29, 0.717) is 19.4 Å². The molecule has 1 aromatic heterocycles. The third kappa shape index (κ3) is 2.91. The molecule has 1 aliphatic rings. The summed E-state index contributed by atoms with van der Waals surface area (Å²) in [5, 5.41) is 14.7. The Hall–Kier alpha value is -0.910. The standard InChI is InChI=1S/C13H19NO3S/c1-17-10-4-6-13(7-5-10,12(15)16)14-9-11-3-2-8-18-11/h2-3,8,10,14H,4-7,9H2,1H3,(H,15,16). The van der Waals surface area contributed by atoms with Gasteiger partial charge in [-0.05, 0) is 37.1 Å². The Morgan fingerprint density at radius 1 is 1.61 bits per heavy atom. The summed E-state index contributed by atoms with van der Waals surface area (Å²) in [6.07, 6.45) is 3.08. The first-order valence-corrected chi connectivity index (χ1v) is 7.08.